The molecule has 0 spiro atoms. The summed E-state index contributed by atoms with van der Waals surface area (Å²) in [5.74, 6) is 0.951. The normalized spacial score (nSPS) is 17.8. The highest BCUT2D eigenvalue weighted by molar-refractivity contribution is 5.32. The van der Waals surface area contributed by atoms with Gasteiger partial charge in [-0.1, -0.05) is 42.5 Å². The second-order valence-corrected chi connectivity index (χ2v) is 4.91. The lowest BCUT2D eigenvalue weighted by Gasteiger charge is -2.26. The minimum atomic E-state index is 0.425. The molecule has 2 heteroatoms. The van der Waals surface area contributed by atoms with E-state index in [1.807, 2.05) is 30.3 Å². The molecule has 0 aliphatic carbocycles. The van der Waals surface area contributed by atoms with Crippen molar-refractivity contribution in [3.63, 3.8) is 0 Å². The van der Waals surface area contributed by atoms with Gasteiger partial charge in [-0.05, 0) is 36.2 Å². The Morgan fingerprint density at radius 3 is 2.68 bits per heavy atom. The lowest BCUT2D eigenvalue weighted by Crippen LogP contribution is -2.30. The Morgan fingerprint density at radius 1 is 1.00 bits per heavy atom. The molecule has 1 N–H and O–H groups in total. The van der Waals surface area contributed by atoms with Crippen LogP contribution in [0.15, 0.2) is 54.6 Å². The first-order valence-electron chi connectivity index (χ1n) is 6.92. The van der Waals surface area contributed by atoms with Crippen molar-refractivity contribution in [1.29, 1.82) is 0 Å². The number of rotatable bonds is 4. The Balaban J connectivity index is 1.59. The van der Waals surface area contributed by atoms with Gasteiger partial charge in [0.15, 0.2) is 0 Å². The third kappa shape index (κ3) is 2.96. The smallest absolute Gasteiger partial charge is 0.119 e. The lowest BCUT2D eigenvalue weighted by atomic mass is 9.93. The van der Waals surface area contributed by atoms with Gasteiger partial charge in [0.1, 0.15) is 5.75 Å². The number of ether oxygens (including phenoxy) is 1. The summed E-state index contributed by atoms with van der Waals surface area (Å²) in [5.41, 5.74) is 2.91. The van der Waals surface area contributed by atoms with Crippen LogP contribution >= 0.6 is 0 Å². The third-order valence-electron chi connectivity index (χ3n) is 3.63. The van der Waals surface area contributed by atoms with Crippen LogP contribution in [-0.4, -0.2) is 13.2 Å². The zero-order valence-electron chi connectivity index (χ0n) is 11.0. The summed E-state index contributed by atoms with van der Waals surface area (Å²) in [4.78, 5) is 0. The molecule has 1 atom stereocenters. The Labute approximate surface area is 114 Å². The van der Waals surface area contributed by atoms with Crippen molar-refractivity contribution in [2.75, 3.05) is 13.2 Å². The number of benzene rings is 2. The van der Waals surface area contributed by atoms with Gasteiger partial charge >= 0.3 is 0 Å². The van der Waals surface area contributed by atoms with Crippen molar-refractivity contribution in [3.05, 3.63) is 65.7 Å². The minimum absolute atomic E-state index is 0.425. The van der Waals surface area contributed by atoms with E-state index in [9.17, 15) is 0 Å². The number of fused-ring (bicyclic) bond motifs is 1. The maximum absolute atomic E-state index is 5.78. The predicted molar refractivity (Wildman–Crippen MR) is 77.4 cm³/mol. The molecule has 0 amide bonds. The summed E-state index contributed by atoms with van der Waals surface area (Å²) in [6, 6.07) is 19.2. The van der Waals surface area contributed by atoms with E-state index in [0.29, 0.717) is 6.04 Å². The lowest BCUT2D eigenvalue weighted by molar-refractivity contribution is 0.283. The van der Waals surface area contributed by atoms with E-state index in [1.165, 1.54) is 11.1 Å². The molecule has 2 nitrogen and oxygen atoms in total. The fourth-order valence-electron chi connectivity index (χ4n) is 2.66. The molecule has 0 aromatic heterocycles. The highest BCUT2D eigenvalue weighted by Crippen LogP contribution is 2.25. The Kier molecular flexibility index (Phi) is 3.80. The van der Waals surface area contributed by atoms with Gasteiger partial charge in [0.2, 0.25) is 0 Å². The monoisotopic (exact) mass is 253 g/mol. The molecule has 0 saturated carbocycles. The summed E-state index contributed by atoms with van der Waals surface area (Å²) in [6.07, 6.45) is 2.14. The molecule has 0 bridgehead atoms. The van der Waals surface area contributed by atoms with Gasteiger partial charge in [-0.2, -0.15) is 0 Å². The van der Waals surface area contributed by atoms with Crippen molar-refractivity contribution in [1.82, 2.24) is 5.32 Å². The molecule has 3 rings (SSSR count). The molecular formula is C17H19NO. The van der Waals surface area contributed by atoms with Gasteiger partial charge in [0, 0.05) is 12.5 Å². The van der Waals surface area contributed by atoms with E-state index in [1.54, 1.807) is 0 Å². The summed E-state index contributed by atoms with van der Waals surface area (Å²) < 4.78 is 5.78. The summed E-state index contributed by atoms with van der Waals surface area (Å²) in [6.45, 7) is 1.81. The molecule has 2 aromatic rings. The van der Waals surface area contributed by atoms with Gasteiger partial charge in [0.05, 0.1) is 6.61 Å². The summed E-state index contributed by atoms with van der Waals surface area (Å²) >= 11 is 0. The molecule has 0 radical (unpaired) electrons. The van der Waals surface area contributed by atoms with Crippen LogP contribution in [0, 0.1) is 0 Å². The maximum atomic E-state index is 5.78. The third-order valence-corrected chi connectivity index (χ3v) is 3.63. The number of hydrogen-bond donors (Lipinski definition) is 1. The number of para-hydroxylation sites is 1. The van der Waals surface area contributed by atoms with E-state index in [0.717, 1.165) is 31.7 Å². The summed E-state index contributed by atoms with van der Waals surface area (Å²) in [7, 11) is 0. The second kappa shape index (κ2) is 5.89. The van der Waals surface area contributed by atoms with Gasteiger partial charge in [0.25, 0.3) is 0 Å². The zero-order chi connectivity index (χ0) is 12.9. The van der Waals surface area contributed by atoms with Crippen molar-refractivity contribution >= 4 is 0 Å². The van der Waals surface area contributed by atoms with E-state index in [-0.39, 0.29) is 0 Å². The first-order valence-corrected chi connectivity index (χ1v) is 6.92. The van der Waals surface area contributed by atoms with Crippen molar-refractivity contribution in [2.45, 2.75) is 18.9 Å². The van der Waals surface area contributed by atoms with Crippen LogP contribution in [0.3, 0.4) is 0 Å². The average Bonchev–Trinajstić information content (AvgIpc) is 2.49. The highest BCUT2D eigenvalue weighted by Gasteiger charge is 2.18. The van der Waals surface area contributed by atoms with Crippen LogP contribution in [0.2, 0.25) is 0 Å². The topological polar surface area (TPSA) is 21.3 Å². The molecule has 1 heterocycles. The number of hydrogen-bond acceptors (Lipinski definition) is 2. The zero-order valence-corrected chi connectivity index (χ0v) is 11.0. The molecule has 0 saturated heterocycles. The van der Waals surface area contributed by atoms with Crippen LogP contribution in [0.5, 0.6) is 5.75 Å². The first kappa shape index (κ1) is 12.2. The Bertz CT molecular complexity index is 524. The van der Waals surface area contributed by atoms with Crippen molar-refractivity contribution < 1.29 is 4.74 Å². The van der Waals surface area contributed by atoms with E-state index >= 15 is 0 Å². The van der Waals surface area contributed by atoms with Crippen LogP contribution in [-0.2, 0) is 6.42 Å². The SMILES string of the molecule is c1ccc(OCCC2NCCc3ccccc32)cc1. The van der Waals surface area contributed by atoms with Crippen LogP contribution in [0.25, 0.3) is 0 Å². The minimum Gasteiger partial charge on any atom is -0.494 e. The van der Waals surface area contributed by atoms with E-state index in [2.05, 4.69) is 29.6 Å². The number of nitrogens with one attached hydrogen (secondary N) is 1. The highest BCUT2D eigenvalue weighted by atomic mass is 16.5. The average molecular weight is 253 g/mol. The van der Waals surface area contributed by atoms with Gasteiger partial charge < -0.3 is 10.1 Å². The van der Waals surface area contributed by atoms with E-state index < -0.39 is 0 Å². The van der Waals surface area contributed by atoms with Crippen LogP contribution in [0.4, 0.5) is 0 Å². The fraction of sp³-hybridized carbons (Fsp3) is 0.294. The molecule has 0 fully saturated rings. The fourth-order valence-corrected chi connectivity index (χ4v) is 2.66. The molecule has 19 heavy (non-hydrogen) atoms. The van der Waals surface area contributed by atoms with Crippen LogP contribution < -0.4 is 10.1 Å². The Morgan fingerprint density at radius 2 is 1.79 bits per heavy atom. The van der Waals surface area contributed by atoms with Crippen molar-refractivity contribution in [2.24, 2.45) is 0 Å². The van der Waals surface area contributed by atoms with E-state index in [4.69, 9.17) is 4.74 Å². The predicted octanol–water partition coefficient (Wildman–Crippen LogP) is 3.34. The molecular weight excluding hydrogens is 234 g/mol. The maximum Gasteiger partial charge on any atom is 0.119 e. The van der Waals surface area contributed by atoms with Crippen molar-refractivity contribution in [3.8, 4) is 5.75 Å². The van der Waals surface area contributed by atoms with Gasteiger partial charge in [-0.3, -0.25) is 0 Å². The standard InChI is InChI=1S/C17H19NO/c1-2-7-15(8-3-1)19-13-11-17-16-9-5-4-6-14(16)10-12-18-17/h1-9,17-18H,10-13H2. The molecule has 98 valence electrons. The summed E-state index contributed by atoms with van der Waals surface area (Å²) in [5, 5.41) is 3.58. The Hall–Kier alpha value is -1.80. The molecule has 2 aromatic carbocycles. The first-order chi connectivity index (χ1) is 9.43. The largest absolute Gasteiger partial charge is 0.494 e. The van der Waals surface area contributed by atoms with Gasteiger partial charge in [-0.15, -0.1) is 0 Å². The molecule has 1 unspecified atom stereocenters. The van der Waals surface area contributed by atoms with Gasteiger partial charge in [-0.25, -0.2) is 0 Å². The molecule has 1 aliphatic rings. The molecule has 1 aliphatic heterocycles. The second-order valence-electron chi connectivity index (χ2n) is 4.91. The quantitative estimate of drug-likeness (QED) is 0.902. The van der Waals surface area contributed by atoms with Crippen LogP contribution in [0.1, 0.15) is 23.6 Å².